The number of nitrogens with zero attached hydrogens (tertiary/aromatic N) is 1. The Hall–Kier alpha value is -1.53. The minimum absolute atomic E-state index is 0.521. The van der Waals surface area contributed by atoms with Crippen molar-refractivity contribution in [2.45, 2.75) is 51.5 Å². The van der Waals surface area contributed by atoms with Crippen LogP contribution in [0.25, 0.3) is 0 Å². The van der Waals surface area contributed by atoms with Gasteiger partial charge < -0.3 is 10.1 Å². The molecule has 0 bridgehead atoms. The van der Waals surface area contributed by atoms with E-state index in [0.717, 1.165) is 56.7 Å². The molecular formula is C17H24N2O. The maximum absolute atomic E-state index is 5.88. The molecule has 1 fully saturated rings. The minimum atomic E-state index is 0.521. The summed E-state index contributed by atoms with van der Waals surface area (Å²) in [7, 11) is 0. The average Bonchev–Trinajstić information content (AvgIpc) is 2.42. The quantitative estimate of drug-likeness (QED) is 0.612. The second kappa shape index (κ2) is 8.60. The van der Waals surface area contributed by atoms with Crippen molar-refractivity contribution in [2.75, 3.05) is 13.2 Å². The third-order valence-electron chi connectivity index (χ3n) is 3.48. The Labute approximate surface area is 122 Å². The van der Waals surface area contributed by atoms with Gasteiger partial charge in [0.05, 0.1) is 5.69 Å². The first kappa shape index (κ1) is 14.9. The second-order valence-corrected chi connectivity index (χ2v) is 5.11. The molecule has 0 amide bonds. The molecule has 1 aromatic rings. The van der Waals surface area contributed by atoms with Gasteiger partial charge in [0.1, 0.15) is 12.4 Å². The van der Waals surface area contributed by atoms with Crippen molar-refractivity contribution in [3.05, 3.63) is 24.0 Å². The lowest BCUT2D eigenvalue weighted by molar-refractivity contribution is 0.215. The molecule has 0 aliphatic carbocycles. The summed E-state index contributed by atoms with van der Waals surface area (Å²) in [6, 6.07) is 4.49. The summed E-state index contributed by atoms with van der Waals surface area (Å²) in [5.74, 6) is 7.23. The third-order valence-corrected chi connectivity index (χ3v) is 3.48. The summed E-state index contributed by atoms with van der Waals surface area (Å²) in [6.45, 7) is 3.95. The highest BCUT2D eigenvalue weighted by Crippen LogP contribution is 2.19. The van der Waals surface area contributed by atoms with Gasteiger partial charge in [-0.2, -0.15) is 0 Å². The van der Waals surface area contributed by atoms with Gasteiger partial charge in [0.15, 0.2) is 0 Å². The normalized spacial score (nSPS) is 16.9. The number of unbranched alkanes of at least 4 members (excludes halogenated alkanes) is 2. The Morgan fingerprint density at radius 1 is 1.40 bits per heavy atom. The number of hydrogen-bond donors (Lipinski definition) is 1. The van der Waals surface area contributed by atoms with Crippen molar-refractivity contribution >= 4 is 0 Å². The molecule has 1 atom stereocenters. The third kappa shape index (κ3) is 4.86. The van der Waals surface area contributed by atoms with E-state index in [4.69, 9.17) is 4.74 Å². The predicted molar refractivity (Wildman–Crippen MR) is 81.8 cm³/mol. The Morgan fingerprint density at radius 2 is 2.30 bits per heavy atom. The first-order valence-corrected chi connectivity index (χ1v) is 7.66. The van der Waals surface area contributed by atoms with Crippen LogP contribution in [0.5, 0.6) is 5.75 Å². The molecule has 3 heteroatoms. The Balaban J connectivity index is 1.74. The zero-order valence-corrected chi connectivity index (χ0v) is 12.3. The molecule has 0 spiro atoms. The van der Waals surface area contributed by atoms with E-state index in [-0.39, 0.29) is 0 Å². The topological polar surface area (TPSA) is 34.1 Å². The van der Waals surface area contributed by atoms with Gasteiger partial charge >= 0.3 is 0 Å². The monoisotopic (exact) mass is 272 g/mol. The summed E-state index contributed by atoms with van der Waals surface area (Å²) >= 11 is 0. The van der Waals surface area contributed by atoms with Gasteiger partial charge in [0.2, 0.25) is 0 Å². The maximum Gasteiger partial charge on any atom is 0.140 e. The van der Waals surface area contributed by atoms with E-state index in [0.29, 0.717) is 6.04 Å². The van der Waals surface area contributed by atoms with Gasteiger partial charge in [-0.05, 0) is 44.4 Å². The maximum atomic E-state index is 5.88. The fourth-order valence-electron chi connectivity index (χ4n) is 2.14. The fourth-order valence-corrected chi connectivity index (χ4v) is 2.14. The van der Waals surface area contributed by atoms with E-state index in [1.54, 1.807) is 0 Å². The number of rotatable bonds is 7. The lowest BCUT2D eigenvalue weighted by Gasteiger charge is -2.27. The van der Waals surface area contributed by atoms with E-state index in [9.17, 15) is 0 Å². The second-order valence-electron chi connectivity index (χ2n) is 5.11. The van der Waals surface area contributed by atoms with Gasteiger partial charge in [-0.15, -0.1) is 11.8 Å². The summed E-state index contributed by atoms with van der Waals surface area (Å²) < 4.78 is 5.88. The first-order chi connectivity index (χ1) is 9.90. The predicted octanol–water partition coefficient (Wildman–Crippen LogP) is 2.95. The molecule has 0 saturated carbocycles. The Kier molecular flexibility index (Phi) is 6.40. The van der Waals surface area contributed by atoms with Crippen LogP contribution >= 0.6 is 0 Å². The molecule has 20 heavy (non-hydrogen) atoms. The van der Waals surface area contributed by atoms with Crippen molar-refractivity contribution in [2.24, 2.45) is 0 Å². The van der Waals surface area contributed by atoms with Crippen molar-refractivity contribution in [1.82, 2.24) is 10.3 Å². The van der Waals surface area contributed by atoms with Crippen molar-refractivity contribution in [1.29, 1.82) is 0 Å². The summed E-state index contributed by atoms with van der Waals surface area (Å²) in [4.78, 5) is 4.45. The average molecular weight is 272 g/mol. The molecule has 1 saturated heterocycles. The van der Waals surface area contributed by atoms with Crippen LogP contribution in [0.1, 0.15) is 44.7 Å². The zero-order valence-electron chi connectivity index (χ0n) is 12.3. The van der Waals surface area contributed by atoms with Gasteiger partial charge in [-0.3, -0.25) is 4.98 Å². The number of hydrogen-bond acceptors (Lipinski definition) is 3. The van der Waals surface area contributed by atoms with Crippen LogP contribution in [-0.2, 0) is 6.42 Å². The molecule has 1 aromatic heterocycles. The summed E-state index contributed by atoms with van der Waals surface area (Å²) in [5, 5.41) is 3.35. The zero-order chi connectivity index (χ0) is 14.0. The lowest BCUT2D eigenvalue weighted by Crippen LogP contribution is -2.46. The molecule has 2 heterocycles. The van der Waals surface area contributed by atoms with Crippen LogP contribution in [0.4, 0.5) is 0 Å². The van der Waals surface area contributed by atoms with Crippen LogP contribution in [0.2, 0.25) is 0 Å². The van der Waals surface area contributed by atoms with Gasteiger partial charge in [0, 0.05) is 25.1 Å². The molecular weight excluding hydrogens is 248 g/mol. The van der Waals surface area contributed by atoms with E-state index >= 15 is 0 Å². The highest BCUT2D eigenvalue weighted by molar-refractivity contribution is 5.27. The SMILES string of the molecule is CCC#CCCCCc1ncccc1OC[C@@H]1CCN1. The molecule has 2 rings (SSSR count). The van der Waals surface area contributed by atoms with E-state index in [1.165, 1.54) is 6.42 Å². The first-order valence-electron chi connectivity index (χ1n) is 7.66. The van der Waals surface area contributed by atoms with E-state index < -0.39 is 0 Å². The summed E-state index contributed by atoms with van der Waals surface area (Å²) in [6.07, 6.45) is 8.23. The van der Waals surface area contributed by atoms with Crippen LogP contribution in [0.3, 0.4) is 0 Å². The number of aromatic nitrogens is 1. The molecule has 0 unspecified atom stereocenters. The van der Waals surface area contributed by atoms with Crippen LogP contribution < -0.4 is 10.1 Å². The molecule has 1 N–H and O–H groups in total. The van der Waals surface area contributed by atoms with Crippen LogP contribution in [0.15, 0.2) is 18.3 Å². The van der Waals surface area contributed by atoms with Gasteiger partial charge in [-0.25, -0.2) is 0 Å². The number of aryl methyl sites for hydroxylation is 1. The van der Waals surface area contributed by atoms with Crippen LogP contribution in [-0.4, -0.2) is 24.2 Å². The van der Waals surface area contributed by atoms with E-state index in [1.807, 2.05) is 18.3 Å². The van der Waals surface area contributed by atoms with Gasteiger partial charge in [0.25, 0.3) is 0 Å². The standard InChI is InChI=1S/C17H24N2O/c1-2-3-4-5-6-7-9-16-17(10-8-12-19-16)20-14-15-11-13-18-15/h8,10,12,15,18H,2,5-7,9,11,13-14H2,1H3/t15-/m0/s1. The molecule has 3 nitrogen and oxygen atoms in total. The van der Waals surface area contributed by atoms with Gasteiger partial charge in [-0.1, -0.05) is 6.92 Å². The van der Waals surface area contributed by atoms with E-state index in [2.05, 4.69) is 29.1 Å². The molecule has 1 aliphatic rings. The molecule has 108 valence electrons. The highest BCUT2D eigenvalue weighted by Gasteiger charge is 2.17. The smallest absolute Gasteiger partial charge is 0.140 e. The Bertz CT molecular complexity index is 458. The van der Waals surface area contributed by atoms with Crippen molar-refractivity contribution in [3.8, 4) is 17.6 Å². The molecule has 0 radical (unpaired) electrons. The minimum Gasteiger partial charge on any atom is -0.490 e. The number of pyridine rings is 1. The molecule has 1 aliphatic heterocycles. The highest BCUT2D eigenvalue weighted by atomic mass is 16.5. The number of nitrogens with one attached hydrogen (secondary N) is 1. The fraction of sp³-hybridized carbons (Fsp3) is 0.588. The van der Waals surface area contributed by atoms with Crippen molar-refractivity contribution in [3.63, 3.8) is 0 Å². The van der Waals surface area contributed by atoms with Crippen molar-refractivity contribution < 1.29 is 4.74 Å². The summed E-state index contributed by atoms with van der Waals surface area (Å²) in [5.41, 5.74) is 1.08. The lowest BCUT2D eigenvalue weighted by atomic mass is 10.1. The number of ether oxygens (including phenoxy) is 1. The largest absolute Gasteiger partial charge is 0.490 e. The Morgan fingerprint density at radius 3 is 3.05 bits per heavy atom. The van der Waals surface area contributed by atoms with Crippen LogP contribution in [0, 0.1) is 11.8 Å². The molecule has 0 aromatic carbocycles.